The summed E-state index contributed by atoms with van der Waals surface area (Å²) >= 11 is 0. The highest BCUT2D eigenvalue weighted by atomic mass is 32.2. The van der Waals surface area contributed by atoms with Crippen LogP contribution < -0.4 is 0 Å². The maximum absolute atomic E-state index is 12.1. The predicted molar refractivity (Wildman–Crippen MR) is 70.6 cm³/mol. The van der Waals surface area contributed by atoms with Crippen molar-refractivity contribution in [3.05, 3.63) is 24.2 Å². The summed E-state index contributed by atoms with van der Waals surface area (Å²) in [6.45, 7) is 6.20. The van der Waals surface area contributed by atoms with Crippen molar-refractivity contribution in [3.8, 4) is 5.82 Å². The van der Waals surface area contributed by atoms with Gasteiger partial charge in [-0.15, -0.1) is 10.2 Å². The van der Waals surface area contributed by atoms with Crippen LogP contribution in [0.2, 0.25) is 0 Å². The number of aromatic nitrogens is 5. The third kappa shape index (κ3) is 2.07. The zero-order valence-electron chi connectivity index (χ0n) is 11.1. The van der Waals surface area contributed by atoms with Gasteiger partial charge in [-0.2, -0.15) is 0 Å². The van der Waals surface area contributed by atoms with Crippen molar-refractivity contribution in [1.82, 2.24) is 24.7 Å². The van der Waals surface area contributed by atoms with Crippen molar-refractivity contribution in [2.45, 2.75) is 37.5 Å². The quantitative estimate of drug-likeness (QED) is 0.778. The van der Waals surface area contributed by atoms with Crippen molar-refractivity contribution in [2.24, 2.45) is 0 Å². The van der Waals surface area contributed by atoms with Crippen LogP contribution >= 0.6 is 0 Å². The lowest BCUT2D eigenvalue weighted by Gasteiger charge is -2.19. The first-order valence-corrected chi connectivity index (χ1v) is 7.43. The van der Waals surface area contributed by atoms with E-state index in [4.69, 9.17) is 0 Å². The van der Waals surface area contributed by atoms with E-state index in [-0.39, 0.29) is 5.41 Å². The molecule has 1 aliphatic rings. The third-order valence-electron chi connectivity index (χ3n) is 3.00. The molecule has 0 aromatic carbocycles. The van der Waals surface area contributed by atoms with E-state index in [9.17, 15) is 4.21 Å². The summed E-state index contributed by atoms with van der Waals surface area (Å²) in [5.41, 5.74) is 0.740. The molecule has 1 atom stereocenters. The van der Waals surface area contributed by atoms with Gasteiger partial charge in [-0.1, -0.05) is 20.8 Å². The first kappa shape index (κ1) is 12.4. The summed E-state index contributed by atoms with van der Waals surface area (Å²) in [7, 11) is -1.03. The van der Waals surface area contributed by atoms with Gasteiger partial charge < -0.3 is 0 Å². The standard InChI is InChI=1S/C12H15N5OS/c1-12(2,3)11-15-8-4-5-19(18)9(8)10(16-11)17-6-13-14-7-17/h6-7H,4-5H2,1-3H3. The summed E-state index contributed by atoms with van der Waals surface area (Å²) < 4.78 is 13.8. The molecule has 1 aliphatic heterocycles. The maximum Gasteiger partial charge on any atom is 0.159 e. The summed E-state index contributed by atoms with van der Waals surface area (Å²) in [6.07, 6.45) is 3.89. The van der Waals surface area contributed by atoms with Gasteiger partial charge in [0.05, 0.1) is 16.5 Å². The number of aryl methyl sites for hydroxylation is 1. The molecular weight excluding hydrogens is 262 g/mol. The van der Waals surface area contributed by atoms with E-state index in [2.05, 4.69) is 40.9 Å². The largest absolute Gasteiger partial charge is 0.271 e. The van der Waals surface area contributed by atoms with E-state index in [0.29, 0.717) is 11.6 Å². The fraction of sp³-hybridized carbons (Fsp3) is 0.500. The van der Waals surface area contributed by atoms with Crippen LogP contribution in [0, 0.1) is 0 Å². The highest BCUT2D eigenvalue weighted by Gasteiger charge is 2.29. The normalized spacial score (nSPS) is 18.6. The smallest absolute Gasteiger partial charge is 0.159 e. The lowest BCUT2D eigenvalue weighted by atomic mass is 9.95. The third-order valence-corrected chi connectivity index (χ3v) is 4.45. The Labute approximate surface area is 113 Å². The van der Waals surface area contributed by atoms with Gasteiger partial charge in [0.1, 0.15) is 23.4 Å². The molecule has 1 unspecified atom stereocenters. The Hall–Kier alpha value is -1.63. The zero-order chi connectivity index (χ0) is 13.6. The predicted octanol–water partition coefficient (Wildman–Crippen LogP) is 1.02. The maximum atomic E-state index is 12.1. The molecule has 2 aromatic rings. The minimum atomic E-state index is -1.03. The molecule has 2 aromatic heterocycles. The minimum absolute atomic E-state index is 0.151. The first-order chi connectivity index (χ1) is 8.97. The van der Waals surface area contributed by atoms with Crippen molar-refractivity contribution < 1.29 is 4.21 Å². The molecule has 0 amide bonds. The Morgan fingerprint density at radius 1 is 1.21 bits per heavy atom. The van der Waals surface area contributed by atoms with Crippen molar-refractivity contribution in [2.75, 3.05) is 5.75 Å². The second kappa shape index (κ2) is 4.19. The molecule has 0 fully saturated rings. The van der Waals surface area contributed by atoms with Crippen molar-refractivity contribution >= 4 is 10.8 Å². The van der Waals surface area contributed by atoms with Gasteiger partial charge in [0, 0.05) is 17.6 Å². The zero-order valence-corrected chi connectivity index (χ0v) is 11.9. The molecular formula is C12H15N5OS. The van der Waals surface area contributed by atoms with E-state index in [1.54, 1.807) is 17.2 Å². The fourth-order valence-electron chi connectivity index (χ4n) is 2.00. The molecule has 0 bridgehead atoms. The molecule has 100 valence electrons. The van der Waals surface area contributed by atoms with Crippen LogP contribution in [0.25, 0.3) is 5.82 Å². The van der Waals surface area contributed by atoms with Crippen LogP contribution in [0.15, 0.2) is 17.6 Å². The molecule has 6 nitrogen and oxygen atoms in total. The number of hydrogen-bond acceptors (Lipinski definition) is 5. The number of nitrogens with zero attached hydrogens (tertiary/aromatic N) is 5. The van der Waals surface area contributed by atoms with Gasteiger partial charge in [0.2, 0.25) is 0 Å². The Morgan fingerprint density at radius 2 is 1.89 bits per heavy atom. The van der Waals surface area contributed by atoms with Crippen LogP contribution in [0.4, 0.5) is 0 Å². The molecule has 0 spiro atoms. The fourth-order valence-corrected chi connectivity index (χ4v) is 3.35. The van der Waals surface area contributed by atoms with Crippen LogP contribution in [0.3, 0.4) is 0 Å². The second-order valence-electron chi connectivity index (χ2n) is 5.57. The molecule has 0 saturated carbocycles. The van der Waals surface area contributed by atoms with Gasteiger partial charge in [-0.25, -0.2) is 9.97 Å². The van der Waals surface area contributed by atoms with E-state index in [1.807, 2.05) is 0 Å². The lowest BCUT2D eigenvalue weighted by Crippen LogP contribution is -2.19. The number of hydrogen-bond donors (Lipinski definition) is 0. The van der Waals surface area contributed by atoms with Gasteiger partial charge in [0.15, 0.2) is 5.82 Å². The van der Waals surface area contributed by atoms with E-state index >= 15 is 0 Å². The van der Waals surface area contributed by atoms with E-state index in [1.165, 1.54) is 0 Å². The average molecular weight is 277 g/mol. The molecule has 3 rings (SSSR count). The van der Waals surface area contributed by atoms with Crippen LogP contribution in [-0.4, -0.2) is 34.7 Å². The minimum Gasteiger partial charge on any atom is -0.271 e. The molecule has 19 heavy (non-hydrogen) atoms. The Kier molecular flexibility index (Phi) is 2.74. The monoisotopic (exact) mass is 277 g/mol. The average Bonchev–Trinajstić information content (AvgIpc) is 2.97. The summed E-state index contributed by atoms with van der Waals surface area (Å²) in [5.74, 6) is 2.02. The Morgan fingerprint density at radius 3 is 2.53 bits per heavy atom. The molecule has 7 heteroatoms. The Bertz CT molecular complexity index is 645. The van der Waals surface area contributed by atoms with E-state index < -0.39 is 10.8 Å². The molecule has 0 aliphatic carbocycles. The molecule has 3 heterocycles. The SMILES string of the molecule is CC(C)(C)c1nc2c(c(-n3cnnc3)n1)S(=O)CC2. The molecule has 0 N–H and O–H groups in total. The Balaban J connectivity index is 2.27. The van der Waals surface area contributed by atoms with Gasteiger partial charge in [0.25, 0.3) is 0 Å². The summed E-state index contributed by atoms with van der Waals surface area (Å²) in [5, 5.41) is 7.59. The number of fused-ring (bicyclic) bond motifs is 1. The van der Waals surface area contributed by atoms with Gasteiger partial charge in [-0.3, -0.25) is 8.78 Å². The van der Waals surface area contributed by atoms with Crippen molar-refractivity contribution in [1.29, 1.82) is 0 Å². The molecule has 0 saturated heterocycles. The highest BCUT2D eigenvalue weighted by molar-refractivity contribution is 7.85. The van der Waals surface area contributed by atoms with Crippen LogP contribution in [0.5, 0.6) is 0 Å². The van der Waals surface area contributed by atoms with Crippen LogP contribution in [0.1, 0.15) is 32.3 Å². The summed E-state index contributed by atoms with van der Waals surface area (Å²) in [4.78, 5) is 9.90. The summed E-state index contributed by atoms with van der Waals surface area (Å²) in [6, 6.07) is 0. The van der Waals surface area contributed by atoms with E-state index in [0.717, 1.165) is 22.8 Å². The molecule has 0 radical (unpaired) electrons. The van der Waals surface area contributed by atoms with Crippen molar-refractivity contribution in [3.63, 3.8) is 0 Å². The second-order valence-corrected chi connectivity index (χ2v) is 7.07. The topological polar surface area (TPSA) is 73.6 Å². The van der Waals surface area contributed by atoms with Crippen LogP contribution in [-0.2, 0) is 22.6 Å². The highest BCUT2D eigenvalue weighted by Crippen LogP contribution is 2.29. The van der Waals surface area contributed by atoms with Gasteiger partial charge >= 0.3 is 0 Å². The number of rotatable bonds is 1. The lowest BCUT2D eigenvalue weighted by molar-refractivity contribution is 0.536. The first-order valence-electron chi connectivity index (χ1n) is 6.11. The van der Waals surface area contributed by atoms with Gasteiger partial charge in [-0.05, 0) is 0 Å².